The van der Waals surface area contributed by atoms with E-state index in [-0.39, 0.29) is 0 Å². The minimum Gasteiger partial charge on any atom is -0.397 e. The lowest BCUT2D eigenvalue weighted by atomic mass is 9.98. The van der Waals surface area contributed by atoms with E-state index < -0.39 is 0 Å². The van der Waals surface area contributed by atoms with Crippen molar-refractivity contribution in [2.75, 3.05) is 5.73 Å². The number of hydrogen-bond donors (Lipinski definition) is 1. The van der Waals surface area contributed by atoms with Gasteiger partial charge in [-0.05, 0) is 31.2 Å². The van der Waals surface area contributed by atoms with Crippen molar-refractivity contribution >= 4 is 23.3 Å². The van der Waals surface area contributed by atoms with Crippen LogP contribution in [-0.4, -0.2) is 6.29 Å². The number of rotatable bonds is 1. The molecule has 0 unspecified atom stereocenters. The van der Waals surface area contributed by atoms with E-state index in [1.165, 1.54) is 23.3 Å². The number of thiophene rings is 1. The van der Waals surface area contributed by atoms with Crippen LogP contribution >= 0.6 is 11.3 Å². The SMILES string of the molecule is Nc1c(C=O)sc2c1CCCC2. The number of carbonyl (C=O) groups excluding carboxylic acids is 1. The van der Waals surface area contributed by atoms with E-state index in [1.807, 2.05) is 0 Å². The number of nitrogen functional groups attached to an aromatic ring is 1. The average molecular weight is 181 g/mol. The van der Waals surface area contributed by atoms with Crippen molar-refractivity contribution in [3.05, 3.63) is 15.3 Å². The third-order valence-electron chi connectivity index (χ3n) is 2.35. The molecule has 2 rings (SSSR count). The van der Waals surface area contributed by atoms with Crippen LogP contribution in [0.3, 0.4) is 0 Å². The van der Waals surface area contributed by atoms with Gasteiger partial charge >= 0.3 is 0 Å². The Hall–Kier alpha value is -0.830. The smallest absolute Gasteiger partial charge is 0.162 e. The first-order valence-electron chi connectivity index (χ1n) is 4.18. The minimum absolute atomic E-state index is 0.724. The van der Waals surface area contributed by atoms with Crippen LogP contribution < -0.4 is 5.73 Å². The van der Waals surface area contributed by atoms with Gasteiger partial charge in [-0.1, -0.05) is 0 Å². The van der Waals surface area contributed by atoms with Crippen LogP contribution in [0.4, 0.5) is 5.69 Å². The summed E-state index contributed by atoms with van der Waals surface area (Å²) in [5.74, 6) is 0. The van der Waals surface area contributed by atoms with E-state index in [0.717, 1.165) is 29.7 Å². The molecule has 1 aliphatic carbocycles. The molecule has 0 saturated heterocycles. The quantitative estimate of drug-likeness (QED) is 0.673. The van der Waals surface area contributed by atoms with Gasteiger partial charge in [0.25, 0.3) is 0 Å². The number of carbonyl (C=O) groups is 1. The largest absolute Gasteiger partial charge is 0.397 e. The third-order valence-corrected chi connectivity index (χ3v) is 3.58. The molecule has 12 heavy (non-hydrogen) atoms. The molecule has 0 bridgehead atoms. The van der Waals surface area contributed by atoms with Gasteiger partial charge < -0.3 is 5.73 Å². The molecule has 1 aliphatic rings. The lowest BCUT2D eigenvalue weighted by Crippen LogP contribution is -2.01. The number of fused-ring (bicyclic) bond motifs is 1. The first kappa shape index (κ1) is 7.80. The van der Waals surface area contributed by atoms with E-state index in [2.05, 4.69) is 0 Å². The summed E-state index contributed by atoms with van der Waals surface area (Å²) in [6.45, 7) is 0. The monoisotopic (exact) mass is 181 g/mol. The Balaban J connectivity index is 2.51. The average Bonchev–Trinajstić information content (AvgIpc) is 2.44. The predicted octanol–water partition coefficient (Wildman–Crippen LogP) is 2.02. The van der Waals surface area contributed by atoms with Gasteiger partial charge in [-0.15, -0.1) is 11.3 Å². The molecular formula is C9H11NOS. The Labute approximate surface area is 75.4 Å². The fraction of sp³-hybridized carbons (Fsp3) is 0.444. The summed E-state index contributed by atoms with van der Waals surface area (Å²) in [6.07, 6.45) is 5.50. The Morgan fingerprint density at radius 3 is 2.75 bits per heavy atom. The zero-order valence-electron chi connectivity index (χ0n) is 6.80. The Morgan fingerprint density at radius 2 is 2.08 bits per heavy atom. The molecule has 0 saturated carbocycles. The molecule has 64 valence electrons. The van der Waals surface area contributed by atoms with Crippen LogP contribution in [0.2, 0.25) is 0 Å². The molecule has 0 atom stereocenters. The van der Waals surface area contributed by atoms with Crippen LogP contribution in [0.1, 0.15) is 33.0 Å². The second kappa shape index (κ2) is 2.90. The van der Waals surface area contributed by atoms with Crippen LogP contribution in [0.15, 0.2) is 0 Å². The number of aryl methyl sites for hydroxylation is 1. The number of anilines is 1. The number of hydrogen-bond acceptors (Lipinski definition) is 3. The highest BCUT2D eigenvalue weighted by Crippen LogP contribution is 2.35. The van der Waals surface area contributed by atoms with Crippen molar-refractivity contribution in [3.63, 3.8) is 0 Å². The molecule has 3 heteroatoms. The van der Waals surface area contributed by atoms with Crippen molar-refractivity contribution in [1.29, 1.82) is 0 Å². The summed E-state index contributed by atoms with van der Waals surface area (Å²) in [4.78, 5) is 12.6. The van der Waals surface area contributed by atoms with Gasteiger partial charge in [0.2, 0.25) is 0 Å². The Morgan fingerprint density at radius 1 is 1.33 bits per heavy atom. The van der Waals surface area contributed by atoms with Crippen molar-refractivity contribution in [1.82, 2.24) is 0 Å². The van der Waals surface area contributed by atoms with Crippen molar-refractivity contribution < 1.29 is 4.79 Å². The molecule has 1 aromatic heterocycles. The minimum atomic E-state index is 0.724. The maximum atomic E-state index is 10.6. The van der Waals surface area contributed by atoms with E-state index in [1.54, 1.807) is 11.3 Å². The highest BCUT2D eigenvalue weighted by Gasteiger charge is 2.17. The summed E-state index contributed by atoms with van der Waals surface area (Å²) >= 11 is 1.57. The molecule has 2 N–H and O–H groups in total. The van der Waals surface area contributed by atoms with Gasteiger partial charge in [-0.25, -0.2) is 0 Å². The fourth-order valence-electron chi connectivity index (χ4n) is 1.70. The normalized spacial score (nSPS) is 15.7. The van der Waals surface area contributed by atoms with Gasteiger partial charge in [0.15, 0.2) is 6.29 Å². The van der Waals surface area contributed by atoms with Crippen LogP contribution in [0.25, 0.3) is 0 Å². The molecule has 2 nitrogen and oxygen atoms in total. The maximum absolute atomic E-state index is 10.6. The van der Waals surface area contributed by atoms with Gasteiger partial charge in [0, 0.05) is 4.88 Å². The topological polar surface area (TPSA) is 43.1 Å². The number of aldehydes is 1. The van der Waals surface area contributed by atoms with E-state index in [4.69, 9.17) is 5.73 Å². The van der Waals surface area contributed by atoms with E-state index >= 15 is 0 Å². The van der Waals surface area contributed by atoms with E-state index in [0.29, 0.717) is 0 Å². The molecule has 1 aromatic rings. The van der Waals surface area contributed by atoms with E-state index in [9.17, 15) is 4.79 Å². The van der Waals surface area contributed by atoms with Crippen molar-refractivity contribution in [2.45, 2.75) is 25.7 Å². The zero-order chi connectivity index (χ0) is 8.55. The highest BCUT2D eigenvalue weighted by molar-refractivity contribution is 7.14. The molecule has 0 amide bonds. The van der Waals surface area contributed by atoms with Gasteiger partial charge in [0.05, 0.1) is 10.6 Å². The number of nitrogens with two attached hydrogens (primary N) is 1. The van der Waals surface area contributed by atoms with Crippen LogP contribution in [0.5, 0.6) is 0 Å². The van der Waals surface area contributed by atoms with Gasteiger partial charge in [0.1, 0.15) is 0 Å². The second-order valence-corrected chi connectivity index (χ2v) is 4.24. The fourth-order valence-corrected chi connectivity index (χ4v) is 2.83. The standard InChI is InChI=1S/C9H11NOS/c10-9-6-3-1-2-4-7(6)12-8(9)5-11/h5H,1-4,10H2. The Kier molecular flexibility index (Phi) is 1.89. The summed E-state index contributed by atoms with van der Waals surface area (Å²) in [7, 11) is 0. The molecule has 0 aromatic carbocycles. The molecule has 0 aliphatic heterocycles. The summed E-state index contributed by atoms with van der Waals surface area (Å²) in [6, 6.07) is 0. The first-order chi connectivity index (χ1) is 5.83. The maximum Gasteiger partial charge on any atom is 0.162 e. The summed E-state index contributed by atoms with van der Waals surface area (Å²) in [5, 5.41) is 0. The van der Waals surface area contributed by atoms with Crippen LogP contribution in [-0.2, 0) is 12.8 Å². The van der Waals surface area contributed by atoms with Gasteiger partial charge in [-0.2, -0.15) is 0 Å². The van der Waals surface area contributed by atoms with Crippen LogP contribution in [0, 0.1) is 0 Å². The third kappa shape index (κ3) is 1.05. The predicted molar refractivity (Wildman–Crippen MR) is 50.8 cm³/mol. The summed E-state index contributed by atoms with van der Waals surface area (Å²) in [5.41, 5.74) is 7.80. The lowest BCUT2D eigenvalue weighted by Gasteiger charge is -2.10. The molecule has 1 heterocycles. The zero-order valence-corrected chi connectivity index (χ0v) is 7.62. The highest BCUT2D eigenvalue weighted by atomic mass is 32.1. The summed E-state index contributed by atoms with van der Waals surface area (Å²) < 4.78 is 0. The molecular weight excluding hydrogens is 170 g/mol. The Bertz CT molecular complexity index is 317. The molecule has 0 spiro atoms. The molecule has 0 radical (unpaired) electrons. The van der Waals surface area contributed by atoms with Crippen molar-refractivity contribution in [3.8, 4) is 0 Å². The van der Waals surface area contributed by atoms with Crippen molar-refractivity contribution in [2.24, 2.45) is 0 Å². The first-order valence-corrected chi connectivity index (χ1v) is 4.99. The van der Waals surface area contributed by atoms with Gasteiger partial charge in [-0.3, -0.25) is 4.79 Å². The lowest BCUT2D eigenvalue weighted by molar-refractivity contribution is 0.112. The molecule has 0 fully saturated rings. The second-order valence-electron chi connectivity index (χ2n) is 3.11.